The zero-order chi connectivity index (χ0) is 19.6. The van der Waals surface area contributed by atoms with Gasteiger partial charge in [-0.2, -0.15) is 0 Å². The standard InChI is InChI=1S/C20H32FN5O.HI/c1-4-22-20(23-11-7-13-26-12-6-10-19(26)27)24-15-18(25(2)3)16-8-5-9-17(21)14-16;/h5,8-9,14,18H,4,6-7,10-13,15H2,1-3H3,(H2,22,23,24);1H. The number of benzene rings is 1. The van der Waals surface area contributed by atoms with E-state index >= 15 is 0 Å². The summed E-state index contributed by atoms with van der Waals surface area (Å²) in [6, 6.07) is 6.67. The van der Waals surface area contributed by atoms with E-state index < -0.39 is 0 Å². The van der Waals surface area contributed by atoms with Gasteiger partial charge in [0.2, 0.25) is 5.91 Å². The minimum Gasteiger partial charge on any atom is -0.357 e. The maximum absolute atomic E-state index is 13.6. The molecule has 0 saturated carbocycles. The molecule has 1 aromatic rings. The molecule has 2 rings (SSSR count). The third-order valence-corrected chi connectivity index (χ3v) is 4.69. The average Bonchev–Trinajstić information content (AvgIpc) is 3.03. The molecule has 28 heavy (non-hydrogen) atoms. The highest BCUT2D eigenvalue weighted by Gasteiger charge is 2.19. The summed E-state index contributed by atoms with van der Waals surface area (Å²) in [6.07, 6.45) is 2.54. The molecule has 0 bridgehead atoms. The fourth-order valence-electron chi connectivity index (χ4n) is 3.22. The van der Waals surface area contributed by atoms with Crippen molar-refractivity contribution in [1.29, 1.82) is 0 Å². The van der Waals surface area contributed by atoms with Crippen molar-refractivity contribution < 1.29 is 9.18 Å². The lowest BCUT2D eigenvalue weighted by Crippen LogP contribution is -2.39. The molecule has 0 spiro atoms. The molecule has 8 heteroatoms. The highest BCUT2D eigenvalue weighted by molar-refractivity contribution is 14.0. The van der Waals surface area contributed by atoms with Crippen LogP contribution in [0.4, 0.5) is 4.39 Å². The van der Waals surface area contributed by atoms with E-state index in [0.29, 0.717) is 13.0 Å². The molecule has 1 amide bonds. The number of likely N-dealkylation sites (tertiary alicyclic amines) is 1. The van der Waals surface area contributed by atoms with Gasteiger partial charge in [-0.05, 0) is 51.6 Å². The Hall–Kier alpha value is -1.42. The van der Waals surface area contributed by atoms with Crippen LogP contribution in [0.5, 0.6) is 0 Å². The molecular weight excluding hydrogens is 472 g/mol. The lowest BCUT2D eigenvalue weighted by molar-refractivity contribution is -0.127. The Bertz CT molecular complexity index is 641. The molecule has 1 saturated heterocycles. The minimum absolute atomic E-state index is 0. The van der Waals surface area contributed by atoms with Gasteiger partial charge in [0.05, 0.1) is 12.6 Å². The zero-order valence-electron chi connectivity index (χ0n) is 17.1. The number of nitrogens with one attached hydrogen (secondary N) is 2. The van der Waals surface area contributed by atoms with Crippen LogP contribution in [0, 0.1) is 5.82 Å². The summed E-state index contributed by atoms with van der Waals surface area (Å²) in [5.74, 6) is 0.776. The van der Waals surface area contributed by atoms with Crippen LogP contribution in [-0.2, 0) is 4.79 Å². The number of aliphatic imine (C=N–C) groups is 1. The normalized spacial score (nSPS) is 15.5. The number of rotatable bonds is 9. The SMILES string of the molecule is CCNC(=NCC(c1cccc(F)c1)N(C)C)NCCCN1CCCC1=O.I. The van der Waals surface area contributed by atoms with Gasteiger partial charge in [-0.25, -0.2) is 4.39 Å². The van der Waals surface area contributed by atoms with E-state index in [1.54, 1.807) is 12.1 Å². The van der Waals surface area contributed by atoms with E-state index in [2.05, 4.69) is 15.6 Å². The van der Waals surface area contributed by atoms with Crippen molar-refractivity contribution in [2.75, 3.05) is 46.8 Å². The molecule has 1 aliphatic rings. The van der Waals surface area contributed by atoms with Gasteiger partial charge in [-0.15, -0.1) is 24.0 Å². The van der Waals surface area contributed by atoms with Gasteiger partial charge in [0, 0.05) is 32.6 Å². The number of guanidine groups is 1. The summed E-state index contributed by atoms with van der Waals surface area (Å²) < 4.78 is 13.6. The van der Waals surface area contributed by atoms with E-state index in [4.69, 9.17) is 0 Å². The number of likely N-dealkylation sites (N-methyl/N-ethyl adjacent to an activating group) is 1. The van der Waals surface area contributed by atoms with E-state index in [0.717, 1.165) is 50.5 Å². The monoisotopic (exact) mass is 505 g/mol. The van der Waals surface area contributed by atoms with E-state index in [1.165, 1.54) is 6.07 Å². The van der Waals surface area contributed by atoms with Crippen molar-refractivity contribution in [3.8, 4) is 0 Å². The Morgan fingerprint density at radius 3 is 2.75 bits per heavy atom. The average molecular weight is 505 g/mol. The summed E-state index contributed by atoms with van der Waals surface area (Å²) in [4.78, 5) is 20.3. The summed E-state index contributed by atoms with van der Waals surface area (Å²) in [6.45, 7) is 5.73. The number of hydrogen-bond donors (Lipinski definition) is 2. The summed E-state index contributed by atoms with van der Waals surface area (Å²) in [7, 11) is 3.94. The number of hydrogen-bond acceptors (Lipinski definition) is 3. The fourth-order valence-corrected chi connectivity index (χ4v) is 3.22. The first-order chi connectivity index (χ1) is 13.0. The molecule has 158 valence electrons. The molecule has 1 unspecified atom stereocenters. The van der Waals surface area contributed by atoms with Crippen LogP contribution in [0.3, 0.4) is 0 Å². The number of carbonyl (C=O) groups is 1. The highest BCUT2D eigenvalue weighted by Crippen LogP contribution is 2.19. The van der Waals surface area contributed by atoms with Gasteiger partial charge < -0.3 is 20.4 Å². The van der Waals surface area contributed by atoms with Gasteiger partial charge in [0.25, 0.3) is 0 Å². The maximum atomic E-state index is 13.6. The molecule has 0 aliphatic carbocycles. The third-order valence-electron chi connectivity index (χ3n) is 4.69. The van der Waals surface area contributed by atoms with Gasteiger partial charge in [-0.3, -0.25) is 9.79 Å². The molecule has 1 atom stereocenters. The molecule has 1 aliphatic heterocycles. The topological polar surface area (TPSA) is 60.0 Å². The van der Waals surface area contributed by atoms with Crippen molar-refractivity contribution in [3.05, 3.63) is 35.6 Å². The predicted molar refractivity (Wildman–Crippen MR) is 123 cm³/mol. The van der Waals surface area contributed by atoms with Crippen molar-refractivity contribution in [2.24, 2.45) is 4.99 Å². The molecule has 6 nitrogen and oxygen atoms in total. The van der Waals surface area contributed by atoms with Crippen LogP contribution in [-0.4, -0.2) is 68.5 Å². The Kier molecular flexibility index (Phi) is 11.4. The first-order valence-electron chi connectivity index (χ1n) is 9.73. The van der Waals surface area contributed by atoms with Gasteiger partial charge >= 0.3 is 0 Å². The fraction of sp³-hybridized carbons (Fsp3) is 0.600. The molecule has 1 heterocycles. The lowest BCUT2D eigenvalue weighted by atomic mass is 10.1. The summed E-state index contributed by atoms with van der Waals surface area (Å²) in [5.41, 5.74) is 0.909. The first-order valence-corrected chi connectivity index (χ1v) is 9.73. The van der Waals surface area contributed by atoms with Crippen LogP contribution < -0.4 is 10.6 Å². The largest absolute Gasteiger partial charge is 0.357 e. The smallest absolute Gasteiger partial charge is 0.222 e. The first kappa shape index (κ1) is 24.6. The number of amides is 1. The van der Waals surface area contributed by atoms with Crippen LogP contribution in [0.25, 0.3) is 0 Å². The third kappa shape index (κ3) is 7.90. The summed E-state index contributed by atoms with van der Waals surface area (Å²) >= 11 is 0. The van der Waals surface area contributed by atoms with Crippen LogP contribution in [0.2, 0.25) is 0 Å². The van der Waals surface area contributed by atoms with Crippen LogP contribution >= 0.6 is 24.0 Å². The summed E-state index contributed by atoms with van der Waals surface area (Å²) in [5, 5.41) is 6.57. The molecule has 1 fully saturated rings. The van der Waals surface area contributed by atoms with E-state index in [9.17, 15) is 9.18 Å². The second-order valence-corrected chi connectivity index (χ2v) is 7.02. The van der Waals surface area contributed by atoms with Crippen molar-refractivity contribution >= 4 is 35.8 Å². The second kappa shape index (κ2) is 12.9. The van der Waals surface area contributed by atoms with Crippen LogP contribution in [0.15, 0.2) is 29.3 Å². The quantitative estimate of drug-likeness (QED) is 0.235. The Balaban J connectivity index is 0.00000392. The van der Waals surface area contributed by atoms with E-state index in [1.807, 2.05) is 36.9 Å². The van der Waals surface area contributed by atoms with Crippen molar-refractivity contribution in [3.63, 3.8) is 0 Å². The molecule has 0 radical (unpaired) electrons. The Morgan fingerprint density at radius 1 is 1.36 bits per heavy atom. The van der Waals surface area contributed by atoms with Gasteiger partial charge in [0.15, 0.2) is 5.96 Å². The maximum Gasteiger partial charge on any atom is 0.222 e. The second-order valence-electron chi connectivity index (χ2n) is 7.02. The Morgan fingerprint density at radius 2 is 2.14 bits per heavy atom. The number of halogens is 2. The number of carbonyl (C=O) groups excluding carboxylic acids is 1. The van der Waals surface area contributed by atoms with Gasteiger partial charge in [0.1, 0.15) is 5.82 Å². The lowest BCUT2D eigenvalue weighted by Gasteiger charge is -2.24. The zero-order valence-corrected chi connectivity index (χ0v) is 19.4. The van der Waals surface area contributed by atoms with Gasteiger partial charge in [-0.1, -0.05) is 12.1 Å². The predicted octanol–water partition coefficient (Wildman–Crippen LogP) is 2.61. The van der Waals surface area contributed by atoms with E-state index in [-0.39, 0.29) is 41.7 Å². The molecular formula is C20H33FIN5O. The number of nitrogens with zero attached hydrogens (tertiary/aromatic N) is 3. The highest BCUT2D eigenvalue weighted by atomic mass is 127. The Labute approximate surface area is 185 Å². The molecule has 0 aromatic heterocycles. The van der Waals surface area contributed by atoms with Crippen LogP contribution in [0.1, 0.15) is 37.8 Å². The molecule has 2 N–H and O–H groups in total. The minimum atomic E-state index is -0.232. The van der Waals surface area contributed by atoms with Crippen molar-refractivity contribution in [1.82, 2.24) is 20.4 Å². The molecule has 1 aromatic carbocycles. The van der Waals surface area contributed by atoms with Crippen molar-refractivity contribution in [2.45, 2.75) is 32.2 Å².